The molecule has 36 heavy (non-hydrogen) atoms. The molecule has 0 spiro atoms. The van der Waals surface area contributed by atoms with Crippen LogP contribution in [-0.2, 0) is 11.2 Å². The zero-order chi connectivity index (χ0) is 24.8. The van der Waals surface area contributed by atoms with Crippen LogP contribution in [0.2, 0.25) is 5.02 Å². The minimum atomic E-state index is -0.647. The van der Waals surface area contributed by atoms with Crippen molar-refractivity contribution < 1.29 is 9.21 Å². The maximum atomic E-state index is 13.8. The third-order valence-corrected chi connectivity index (χ3v) is 7.48. The molecular weight excluding hydrogens is 472 g/mol. The second-order valence-electron chi connectivity index (χ2n) is 9.42. The van der Waals surface area contributed by atoms with Crippen LogP contribution in [0.25, 0.3) is 11.0 Å². The zero-order valence-corrected chi connectivity index (χ0v) is 20.6. The predicted molar refractivity (Wildman–Crippen MR) is 144 cm³/mol. The Bertz CT molecular complexity index is 1590. The van der Waals surface area contributed by atoms with E-state index in [1.807, 2.05) is 24.3 Å². The smallest absolute Gasteiger partial charge is 0.198 e. The largest absolute Gasteiger partial charge is 0.464 e. The number of aryl methyl sites for hydroxylation is 1. The Kier molecular flexibility index (Phi) is 5.65. The number of halogens is 1. The van der Waals surface area contributed by atoms with Gasteiger partial charge in [0.1, 0.15) is 11.8 Å². The lowest BCUT2D eigenvalue weighted by Crippen LogP contribution is -2.29. The monoisotopic (exact) mass is 496 g/mol. The highest BCUT2D eigenvalue weighted by Gasteiger charge is 2.37. The Balaban J connectivity index is 1.49. The molecule has 2 unspecified atom stereocenters. The molecule has 5 nitrogen and oxygen atoms in total. The Morgan fingerprint density at radius 2 is 1.75 bits per heavy atom. The Morgan fingerprint density at radius 3 is 2.53 bits per heavy atom. The van der Waals surface area contributed by atoms with Gasteiger partial charge in [0.05, 0.1) is 28.4 Å². The van der Waals surface area contributed by atoms with Crippen LogP contribution in [0.4, 0.5) is 11.4 Å². The fourth-order valence-electron chi connectivity index (χ4n) is 5.30. The molecule has 0 radical (unpaired) electrons. The zero-order valence-electron chi connectivity index (χ0n) is 19.8. The van der Waals surface area contributed by atoms with E-state index in [0.717, 1.165) is 29.1 Å². The molecular formula is C30H25ClN2O3. The fourth-order valence-corrected chi connectivity index (χ4v) is 5.48. The van der Waals surface area contributed by atoms with Gasteiger partial charge in [-0.15, -0.1) is 0 Å². The molecule has 2 heterocycles. The summed E-state index contributed by atoms with van der Waals surface area (Å²) in [6, 6.07) is 20.7. The standard InChI is InChI=1S/C30H25ClN2O3/c1-2-17-7-9-18(10-8-17)19-13-25-28(26(34)14-19)29(33-24-6-4-3-5-23(24)32-25)22-16-36-27-12-11-20(31)15-21(27)30(22)35/h3-12,15-16,19,29,32-33H,2,13-14H2,1H3. The van der Waals surface area contributed by atoms with E-state index in [1.165, 1.54) is 11.8 Å². The Labute approximate surface area is 213 Å². The number of carbonyl (C=O) groups is 1. The van der Waals surface area contributed by atoms with Crippen molar-refractivity contribution in [2.45, 2.75) is 38.1 Å². The van der Waals surface area contributed by atoms with E-state index in [9.17, 15) is 9.59 Å². The highest BCUT2D eigenvalue weighted by Crippen LogP contribution is 2.44. The van der Waals surface area contributed by atoms with Crippen LogP contribution in [0.15, 0.2) is 93.5 Å². The maximum Gasteiger partial charge on any atom is 0.198 e. The van der Waals surface area contributed by atoms with Crippen molar-refractivity contribution in [2.24, 2.45) is 0 Å². The number of rotatable bonds is 3. The number of carbonyl (C=O) groups excluding carboxylic acids is 1. The molecule has 3 aromatic carbocycles. The van der Waals surface area contributed by atoms with Gasteiger partial charge in [-0.3, -0.25) is 9.59 Å². The van der Waals surface area contributed by atoms with Crippen LogP contribution in [0, 0.1) is 0 Å². The van der Waals surface area contributed by atoms with Crippen molar-refractivity contribution >= 4 is 39.7 Å². The molecule has 2 N–H and O–H groups in total. The van der Waals surface area contributed by atoms with Crippen LogP contribution >= 0.6 is 11.6 Å². The first-order chi connectivity index (χ1) is 17.5. The molecule has 0 bridgehead atoms. The fraction of sp³-hybridized carbons (Fsp3) is 0.200. The van der Waals surface area contributed by atoms with Crippen molar-refractivity contribution in [2.75, 3.05) is 10.6 Å². The first-order valence-corrected chi connectivity index (χ1v) is 12.6. The topological polar surface area (TPSA) is 71.3 Å². The number of hydrogen-bond acceptors (Lipinski definition) is 5. The van der Waals surface area contributed by atoms with E-state index >= 15 is 0 Å². The molecule has 0 fully saturated rings. The van der Waals surface area contributed by atoms with Crippen molar-refractivity contribution in [3.05, 3.63) is 116 Å². The summed E-state index contributed by atoms with van der Waals surface area (Å²) >= 11 is 6.18. The maximum absolute atomic E-state index is 13.8. The van der Waals surface area contributed by atoms with Crippen molar-refractivity contribution in [3.8, 4) is 0 Å². The third kappa shape index (κ3) is 3.90. The van der Waals surface area contributed by atoms with E-state index in [1.54, 1.807) is 18.2 Å². The molecule has 2 atom stereocenters. The van der Waals surface area contributed by atoms with Crippen LogP contribution in [0.1, 0.15) is 48.4 Å². The molecule has 0 amide bonds. The van der Waals surface area contributed by atoms with Gasteiger partial charge >= 0.3 is 0 Å². The second-order valence-corrected chi connectivity index (χ2v) is 9.86. The van der Waals surface area contributed by atoms with Gasteiger partial charge in [0.25, 0.3) is 0 Å². The SMILES string of the molecule is CCc1ccc(C2CC(=O)C3=C(C2)Nc2ccccc2NC3c2coc3ccc(Cl)cc3c2=O)cc1. The molecule has 6 rings (SSSR count). The van der Waals surface area contributed by atoms with Crippen molar-refractivity contribution in [3.63, 3.8) is 0 Å². The quantitative estimate of drug-likeness (QED) is 0.320. The van der Waals surface area contributed by atoms with E-state index in [2.05, 4.69) is 41.8 Å². The lowest BCUT2D eigenvalue weighted by Gasteiger charge is -2.29. The van der Waals surface area contributed by atoms with E-state index < -0.39 is 6.04 Å². The first-order valence-electron chi connectivity index (χ1n) is 12.2. The van der Waals surface area contributed by atoms with E-state index in [0.29, 0.717) is 40.0 Å². The van der Waals surface area contributed by atoms with Gasteiger partial charge < -0.3 is 15.1 Å². The average molecular weight is 497 g/mol. The molecule has 1 aliphatic carbocycles. The van der Waals surface area contributed by atoms with Gasteiger partial charge in [-0.2, -0.15) is 0 Å². The Hall–Kier alpha value is -3.83. The molecule has 1 aliphatic heterocycles. The molecule has 0 saturated carbocycles. The van der Waals surface area contributed by atoms with Gasteiger partial charge in [-0.1, -0.05) is 54.9 Å². The summed E-state index contributed by atoms with van der Waals surface area (Å²) < 4.78 is 5.83. The van der Waals surface area contributed by atoms with Gasteiger partial charge in [-0.05, 0) is 60.2 Å². The summed E-state index contributed by atoms with van der Waals surface area (Å²) in [7, 11) is 0. The number of allylic oxidation sites excluding steroid dienone is 1. The Morgan fingerprint density at radius 1 is 0.972 bits per heavy atom. The van der Waals surface area contributed by atoms with Crippen LogP contribution in [0.3, 0.4) is 0 Å². The molecule has 1 aromatic heterocycles. The van der Waals surface area contributed by atoms with Gasteiger partial charge in [0.15, 0.2) is 11.2 Å². The summed E-state index contributed by atoms with van der Waals surface area (Å²) in [6.45, 7) is 2.13. The lowest BCUT2D eigenvalue weighted by atomic mass is 9.78. The van der Waals surface area contributed by atoms with E-state index in [4.69, 9.17) is 16.0 Å². The lowest BCUT2D eigenvalue weighted by molar-refractivity contribution is -0.116. The number of para-hydroxylation sites is 2. The molecule has 180 valence electrons. The third-order valence-electron chi connectivity index (χ3n) is 7.24. The highest BCUT2D eigenvalue weighted by molar-refractivity contribution is 6.31. The number of ketones is 1. The normalized spacial score (nSPS) is 19.2. The average Bonchev–Trinajstić information content (AvgIpc) is 3.06. The van der Waals surface area contributed by atoms with Crippen LogP contribution in [0.5, 0.6) is 0 Å². The van der Waals surface area contributed by atoms with Crippen molar-refractivity contribution in [1.29, 1.82) is 0 Å². The van der Waals surface area contributed by atoms with Crippen LogP contribution < -0.4 is 16.1 Å². The summed E-state index contributed by atoms with van der Waals surface area (Å²) in [5, 5.41) is 7.83. The number of benzene rings is 3. The molecule has 4 aromatic rings. The summed E-state index contributed by atoms with van der Waals surface area (Å²) in [4.78, 5) is 27.4. The molecule has 6 heteroatoms. The van der Waals surface area contributed by atoms with Gasteiger partial charge in [0.2, 0.25) is 0 Å². The summed E-state index contributed by atoms with van der Waals surface area (Å²) in [6.07, 6.45) is 3.50. The van der Waals surface area contributed by atoms with Crippen molar-refractivity contribution in [1.82, 2.24) is 0 Å². The number of nitrogens with one attached hydrogen (secondary N) is 2. The summed E-state index contributed by atoms with van der Waals surface area (Å²) in [5.74, 6) is 0.0802. The molecule has 2 aliphatic rings. The number of fused-ring (bicyclic) bond motifs is 2. The minimum absolute atomic E-state index is 0.0178. The highest BCUT2D eigenvalue weighted by atomic mass is 35.5. The minimum Gasteiger partial charge on any atom is -0.464 e. The van der Waals surface area contributed by atoms with Gasteiger partial charge in [-0.25, -0.2) is 0 Å². The van der Waals surface area contributed by atoms with E-state index in [-0.39, 0.29) is 17.1 Å². The molecule has 0 saturated heterocycles. The number of hydrogen-bond donors (Lipinski definition) is 2. The number of anilines is 2. The first kappa shape index (κ1) is 22.6. The second kappa shape index (κ2) is 8.99. The van der Waals surface area contributed by atoms with Gasteiger partial charge in [0, 0.05) is 22.7 Å². The predicted octanol–water partition coefficient (Wildman–Crippen LogP) is 6.99. The number of Topliss-reactive ketones (excluding diaryl/α,β-unsaturated/α-hetero) is 1. The summed E-state index contributed by atoms with van der Waals surface area (Å²) in [5.41, 5.74) is 6.17. The van der Waals surface area contributed by atoms with Crippen LogP contribution in [-0.4, -0.2) is 5.78 Å².